The van der Waals surface area contributed by atoms with Gasteiger partial charge in [-0.1, -0.05) is 11.6 Å². The van der Waals surface area contributed by atoms with E-state index in [4.69, 9.17) is 21.5 Å². The molecule has 0 aliphatic carbocycles. The first-order chi connectivity index (χ1) is 13.0. The number of methoxy groups -OCH3 is 1. The van der Waals surface area contributed by atoms with E-state index in [0.717, 1.165) is 16.8 Å². The third-order valence-corrected chi connectivity index (χ3v) is 4.50. The number of nitrogens with two attached hydrogens (primary N) is 1. The second-order valence-electron chi connectivity index (χ2n) is 5.29. The zero-order chi connectivity index (χ0) is 20.7. The Bertz CT molecular complexity index is 1130. The molecule has 0 spiro atoms. The van der Waals surface area contributed by atoms with Crippen LogP contribution in [0.25, 0.3) is 17.2 Å². The summed E-state index contributed by atoms with van der Waals surface area (Å²) in [6, 6.07) is 6.29. The summed E-state index contributed by atoms with van der Waals surface area (Å²) in [6.45, 7) is 0. The van der Waals surface area contributed by atoms with Crippen molar-refractivity contribution in [1.29, 1.82) is 0 Å². The van der Waals surface area contributed by atoms with Gasteiger partial charge in [-0.25, -0.2) is 18.5 Å². The molecule has 2 N–H and O–H groups in total. The van der Waals surface area contributed by atoms with Crippen molar-refractivity contribution >= 4 is 21.6 Å². The van der Waals surface area contributed by atoms with Crippen molar-refractivity contribution in [2.75, 3.05) is 7.11 Å². The topological polar surface area (TPSA) is 126 Å². The molecule has 0 aliphatic heterocycles. The Labute approximate surface area is 161 Å². The number of rotatable bonds is 4. The lowest BCUT2D eigenvalue weighted by molar-refractivity contribution is -0.144. The zero-order valence-electron chi connectivity index (χ0n) is 13.8. The maximum absolute atomic E-state index is 13.1. The molecule has 3 aromatic rings. The van der Waals surface area contributed by atoms with E-state index in [1.165, 1.54) is 25.3 Å². The first-order valence-corrected chi connectivity index (χ1v) is 9.18. The van der Waals surface area contributed by atoms with E-state index in [1.54, 1.807) is 0 Å². The Morgan fingerprint density at radius 2 is 1.89 bits per heavy atom. The molecule has 0 fully saturated rings. The molecule has 0 atom stereocenters. The van der Waals surface area contributed by atoms with Crippen LogP contribution < -0.4 is 9.88 Å². The minimum Gasteiger partial charge on any atom is -0.495 e. The van der Waals surface area contributed by atoms with Crippen LogP contribution in [0.2, 0.25) is 5.02 Å². The minimum absolute atomic E-state index is 0.138. The van der Waals surface area contributed by atoms with Crippen molar-refractivity contribution in [2.24, 2.45) is 5.14 Å². The second-order valence-corrected chi connectivity index (χ2v) is 7.21. The highest BCUT2D eigenvalue weighted by atomic mass is 35.5. The summed E-state index contributed by atoms with van der Waals surface area (Å²) in [5.41, 5.74) is 0.186. The second kappa shape index (κ2) is 7.00. The van der Waals surface area contributed by atoms with Gasteiger partial charge in [-0.05, 0) is 30.3 Å². The molecular formula is C14H10ClF3N6O3S. The number of ether oxygens (including phenoxy) is 1. The molecule has 0 amide bonds. The highest BCUT2D eigenvalue weighted by molar-refractivity contribution is 7.89. The van der Waals surface area contributed by atoms with E-state index in [-0.39, 0.29) is 22.2 Å². The first kappa shape index (κ1) is 20.0. The van der Waals surface area contributed by atoms with Gasteiger partial charge in [-0.2, -0.15) is 17.9 Å². The fraction of sp³-hybridized carbons (Fsp3) is 0.143. The van der Waals surface area contributed by atoms with Gasteiger partial charge in [0.25, 0.3) is 15.8 Å². The van der Waals surface area contributed by atoms with Crippen molar-refractivity contribution in [3.8, 4) is 23.0 Å². The van der Waals surface area contributed by atoms with Crippen molar-refractivity contribution in [2.45, 2.75) is 11.2 Å². The van der Waals surface area contributed by atoms with E-state index in [2.05, 4.69) is 20.3 Å². The fourth-order valence-electron chi connectivity index (χ4n) is 2.16. The number of hydrogen-bond acceptors (Lipinski definition) is 7. The summed E-state index contributed by atoms with van der Waals surface area (Å²) in [4.78, 5) is 3.51. The van der Waals surface area contributed by atoms with Crippen molar-refractivity contribution in [1.82, 2.24) is 25.0 Å². The highest BCUT2D eigenvalue weighted by Crippen LogP contribution is 2.33. The smallest absolute Gasteiger partial charge is 0.453 e. The van der Waals surface area contributed by atoms with Gasteiger partial charge in [0.1, 0.15) is 5.75 Å². The Kier molecular flexibility index (Phi) is 4.99. The standard InChI is InChI=1S/C14H10ClF3N6O3S/c1-27-9-3-2-7(6-8(9)15)12-20-13(14(16,17)18)23-24(12)10-4-5-11(22-21-10)28(19,25)26/h2-6H,1H3,(H2,19,25,26). The average molecular weight is 435 g/mol. The van der Waals surface area contributed by atoms with E-state index < -0.39 is 27.0 Å². The third-order valence-electron chi connectivity index (χ3n) is 3.41. The number of sulfonamides is 1. The largest absolute Gasteiger partial charge is 0.495 e. The molecule has 14 heteroatoms. The van der Waals surface area contributed by atoms with Crippen LogP contribution in [0.5, 0.6) is 5.75 Å². The summed E-state index contributed by atoms with van der Waals surface area (Å²) < 4.78 is 67.7. The van der Waals surface area contributed by atoms with Gasteiger partial charge < -0.3 is 4.74 Å². The monoisotopic (exact) mass is 434 g/mol. The number of aromatic nitrogens is 5. The van der Waals surface area contributed by atoms with Crippen molar-refractivity contribution < 1.29 is 26.3 Å². The van der Waals surface area contributed by atoms with Crippen molar-refractivity contribution in [3.05, 3.63) is 41.2 Å². The van der Waals surface area contributed by atoms with E-state index >= 15 is 0 Å². The molecule has 2 aromatic heterocycles. The van der Waals surface area contributed by atoms with Crippen LogP contribution in [-0.2, 0) is 16.2 Å². The number of primary sulfonamides is 1. The number of alkyl halides is 3. The quantitative estimate of drug-likeness (QED) is 0.665. The Morgan fingerprint density at radius 3 is 2.39 bits per heavy atom. The van der Waals surface area contributed by atoms with Crippen LogP contribution in [0.4, 0.5) is 13.2 Å². The number of nitrogens with zero attached hydrogens (tertiary/aromatic N) is 5. The molecule has 0 saturated carbocycles. The molecule has 0 saturated heterocycles. The van der Waals surface area contributed by atoms with Crippen LogP contribution in [-0.4, -0.2) is 40.5 Å². The van der Waals surface area contributed by atoms with Gasteiger partial charge in [-0.3, -0.25) is 0 Å². The SMILES string of the molecule is COc1ccc(-c2nc(C(F)(F)F)nn2-c2ccc(S(N)(=O)=O)nn2)cc1Cl. The van der Waals surface area contributed by atoms with Gasteiger partial charge >= 0.3 is 6.18 Å². The van der Waals surface area contributed by atoms with Crippen molar-refractivity contribution in [3.63, 3.8) is 0 Å². The Morgan fingerprint density at radius 1 is 1.18 bits per heavy atom. The number of benzene rings is 1. The van der Waals surface area contributed by atoms with Crippen LogP contribution >= 0.6 is 11.6 Å². The summed E-state index contributed by atoms with van der Waals surface area (Å²) in [5.74, 6) is -1.57. The van der Waals surface area contributed by atoms with E-state index in [0.29, 0.717) is 5.75 Å². The fourth-order valence-corrected chi connectivity index (χ4v) is 2.83. The van der Waals surface area contributed by atoms with E-state index in [9.17, 15) is 21.6 Å². The predicted octanol–water partition coefficient (Wildman–Crippen LogP) is 2.05. The normalized spacial score (nSPS) is 12.2. The summed E-state index contributed by atoms with van der Waals surface area (Å²) in [5, 5.41) is 14.9. The van der Waals surface area contributed by atoms with Gasteiger partial charge in [0.2, 0.25) is 0 Å². The molecule has 1 aromatic carbocycles. The summed E-state index contributed by atoms with van der Waals surface area (Å²) in [7, 11) is -2.74. The molecule has 148 valence electrons. The maximum Gasteiger partial charge on any atom is 0.453 e. The van der Waals surface area contributed by atoms with Crippen LogP contribution in [0, 0.1) is 0 Å². The Balaban J connectivity index is 2.18. The lowest BCUT2D eigenvalue weighted by Crippen LogP contribution is -2.15. The molecule has 9 nitrogen and oxygen atoms in total. The highest BCUT2D eigenvalue weighted by Gasteiger charge is 2.37. The lowest BCUT2D eigenvalue weighted by atomic mass is 10.2. The summed E-state index contributed by atoms with van der Waals surface area (Å²) in [6.07, 6.45) is -4.83. The Hall–Kier alpha value is -2.77. The number of halogens is 4. The molecule has 0 unspecified atom stereocenters. The van der Waals surface area contributed by atoms with Crippen LogP contribution in [0.3, 0.4) is 0 Å². The zero-order valence-corrected chi connectivity index (χ0v) is 15.4. The molecule has 0 aliphatic rings. The molecule has 0 radical (unpaired) electrons. The van der Waals surface area contributed by atoms with E-state index in [1.807, 2.05) is 0 Å². The van der Waals surface area contributed by atoms with Crippen LogP contribution in [0.15, 0.2) is 35.4 Å². The lowest BCUT2D eigenvalue weighted by Gasteiger charge is -2.07. The third kappa shape index (κ3) is 3.90. The molecule has 28 heavy (non-hydrogen) atoms. The average Bonchev–Trinajstić information content (AvgIpc) is 3.07. The molecule has 2 heterocycles. The molecular weight excluding hydrogens is 425 g/mol. The van der Waals surface area contributed by atoms with Crippen LogP contribution in [0.1, 0.15) is 5.82 Å². The minimum atomic E-state index is -4.83. The molecule has 3 rings (SSSR count). The van der Waals surface area contributed by atoms with Gasteiger partial charge in [0.15, 0.2) is 16.7 Å². The number of hydrogen-bond donors (Lipinski definition) is 1. The van der Waals surface area contributed by atoms with Gasteiger partial charge in [0, 0.05) is 5.56 Å². The van der Waals surface area contributed by atoms with Gasteiger partial charge in [-0.15, -0.1) is 15.3 Å². The maximum atomic E-state index is 13.1. The summed E-state index contributed by atoms with van der Waals surface area (Å²) >= 11 is 6.03. The molecule has 0 bridgehead atoms. The predicted molar refractivity (Wildman–Crippen MR) is 90.3 cm³/mol. The van der Waals surface area contributed by atoms with Gasteiger partial charge in [0.05, 0.1) is 12.1 Å². The first-order valence-electron chi connectivity index (χ1n) is 7.26.